The van der Waals surface area contributed by atoms with E-state index in [0.29, 0.717) is 30.4 Å². The van der Waals surface area contributed by atoms with Crippen molar-refractivity contribution in [2.75, 3.05) is 59.5 Å². The van der Waals surface area contributed by atoms with Crippen LogP contribution < -0.4 is 10.1 Å². The van der Waals surface area contributed by atoms with E-state index in [-0.39, 0.29) is 11.8 Å². The predicted molar refractivity (Wildman–Crippen MR) is 118 cm³/mol. The number of carbonyl (C=O) groups excluding carboxylic acids is 2. The van der Waals surface area contributed by atoms with Crippen molar-refractivity contribution in [3.05, 3.63) is 28.8 Å². The number of likely N-dealkylation sites (tertiary alicyclic amines) is 1. The molecule has 3 rings (SSSR count). The Morgan fingerprint density at radius 1 is 0.967 bits per heavy atom. The fourth-order valence-electron chi connectivity index (χ4n) is 4.05. The maximum atomic E-state index is 12.6. The molecule has 166 valence electrons. The normalized spacial score (nSPS) is 18.7. The van der Waals surface area contributed by atoms with Gasteiger partial charge in [-0.2, -0.15) is 0 Å². The summed E-state index contributed by atoms with van der Waals surface area (Å²) in [6.45, 7) is 6.25. The molecule has 8 heteroatoms. The molecule has 1 N–H and O–H groups in total. The van der Waals surface area contributed by atoms with Crippen molar-refractivity contribution >= 4 is 23.4 Å². The standard InChI is InChI=1S/C22H33ClN4O3/c1-30-20-7-6-19(23)14-18(20)15-24-21(28)16-25-10-12-26(13-11-25)17-22(29)27-8-4-2-3-5-9-27/h6-7,14H,2-5,8-13,15-17H2,1H3,(H,24,28). The lowest BCUT2D eigenvalue weighted by Gasteiger charge is -2.35. The minimum atomic E-state index is -0.0221. The summed E-state index contributed by atoms with van der Waals surface area (Å²) in [4.78, 5) is 31.3. The Labute approximate surface area is 184 Å². The van der Waals surface area contributed by atoms with Crippen molar-refractivity contribution in [1.82, 2.24) is 20.0 Å². The first kappa shape index (κ1) is 22.8. The van der Waals surface area contributed by atoms with Crippen LogP contribution in [-0.4, -0.2) is 86.0 Å². The molecule has 0 spiro atoms. The molecule has 0 aliphatic carbocycles. The largest absolute Gasteiger partial charge is 0.496 e. The maximum absolute atomic E-state index is 12.6. The third kappa shape index (κ3) is 6.86. The molecule has 0 radical (unpaired) electrons. The number of hydrogen-bond acceptors (Lipinski definition) is 5. The van der Waals surface area contributed by atoms with Crippen molar-refractivity contribution in [3.8, 4) is 5.75 Å². The highest BCUT2D eigenvalue weighted by atomic mass is 35.5. The van der Waals surface area contributed by atoms with Gasteiger partial charge in [-0.1, -0.05) is 24.4 Å². The number of ether oxygens (including phenoxy) is 1. The van der Waals surface area contributed by atoms with E-state index >= 15 is 0 Å². The summed E-state index contributed by atoms with van der Waals surface area (Å²) in [5, 5.41) is 3.56. The van der Waals surface area contributed by atoms with Crippen LogP contribution in [0.2, 0.25) is 5.02 Å². The topological polar surface area (TPSA) is 65.1 Å². The van der Waals surface area contributed by atoms with Crippen LogP contribution in [-0.2, 0) is 16.1 Å². The molecule has 2 aliphatic heterocycles. The number of benzene rings is 1. The van der Waals surface area contributed by atoms with E-state index in [1.165, 1.54) is 12.8 Å². The predicted octanol–water partition coefficient (Wildman–Crippen LogP) is 1.98. The van der Waals surface area contributed by atoms with Gasteiger partial charge in [-0.25, -0.2) is 0 Å². The lowest BCUT2D eigenvalue weighted by Crippen LogP contribution is -2.52. The number of amides is 2. The third-order valence-corrected chi connectivity index (χ3v) is 6.10. The molecule has 2 amide bonds. The van der Waals surface area contributed by atoms with E-state index in [9.17, 15) is 9.59 Å². The zero-order valence-electron chi connectivity index (χ0n) is 17.9. The van der Waals surface area contributed by atoms with Crippen molar-refractivity contribution in [2.24, 2.45) is 0 Å². The second-order valence-electron chi connectivity index (χ2n) is 8.08. The van der Waals surface area contributed by atoms with Crippen molar-refractivity contribution < 1.29 is 14.3 Å². The van der Waals surface area contributed by atoms with Crippen LogP contribution in [0.15, 0.2) is 18.2 Å². The summed E-state index contributed by atoms with van der Waals surface area (Å²) in [7, 11) is 1.60. The van der Waals surface area contributed by atoms with Gasteiger partial charge in [-0.15, -0.1) is 0 Å². The van der Waals surface area contributed by atoms with Crippen LogP contribution in [0, 0.1) is 0 Å². The van der Waals surface area contributed by atoms with Gasteiger partial charge in [0, 0.05) is 56.4 Å². The molecule has 0 aromatic heterocycles. The van der Waals surface area contributed by atoms with Crippen molar-refractivity contribution in [3.63, 3.8) is 0 Å². The number of rotatable bonds is 7. The summed E-state index contributed by atoms with van der Waals surface area (Å²) >= 11 is 6.04. The Kier molecular flexibility index (Phi) is 8.78. The molecule has 7 nitrogen and oxygen atoms in total. The number of nitrogens with zero attached hydrogens (tertiary/aromatic N) is 3. The average Bonchev–Trinajstić information content (AvgIpc) is 3.03. The summed E-state index contributed by atoms with van der Waals surface area (Å²) < 4.78 is 5.32. The van der Waals surface area contributed by atoms with Crippen molar-refractivity contribution in [1.29, 1.82) is 0 Å². The van der Waals surface area contributed by atoms with Gasteiger partial charge in [0.25, 0.3) is 0 Å². The zero-order chi connectivity index (χ0) is 21.3. The third-order valence-electron chi connectivity index (χ3n) is 5.87. The number of methoxy groups -OCH3 is 1. The fraction of sp³-hybridized carbons (Fsp3) is 0.636. The molecule has 2 heterocycles. The molecule has 30 heavy (non-hydrogen) atoms. The Balaban J connectivity index is 1.37. The minimum absolute atomic E-state index is 0.0221. The van der Waals surface area contributed by atoms with Gasteiger partial charge in [-0.05, 0) is 31.0 Å². The molecule has 0 saturated carbocycles. The highest BCUT2D eigenvalue weighted by Crippen LogP contribution is 2.22. The van der Waals surface area contributed by atoms with E-state index in [2.05, 4.69) is 15.1 Å². The summed E-state index contributed by atoms with van der Waals surface area (Å²) in [6, 6.07) is 5.37. The van der Waals surface area contributed by atoms with Crippen LogP contribution in [0.25, 0.3) is 0 Å². The Hall–Kier alpha value is -1.83. The van der Waals surface area contributed by atoms with Gasteiger partial charge in [-0.3, -0.25) is 19.4 Å². The lowest BCUT2D eigenvalue weighted by atomic mass is 10.2. The average molecular weight is 437 g/mol. The van der Waals surface area contributed by atoms with E-state index in [4.69, 9.17) is 16.3 Å². The molecule has 2 fully saturated rings. The van der Waals surface area contributed by atoms with Crippen LogP contribution >= 0.6 is 11.6 Å². The molecule has 2 saturated heterocycles. The summed E-state index contributed by atoms with van der Waals surface area (Å²) in [5.74, 6) is 0.937. The van der Waals surface area contributed by atoms with Gasteiger partial charge in [0.15, 0.2) is 0 Å². The van der Waals surface area contributed by atoms with E-state index in [0.717, 1.165) is 57.7 Å². The molecular weight excluding hydrogens is 404 g/mol. The van der Waals surface area contributed by atoms with E-state index in [1.807, 2.05) is 4.90 Å². The summed E-state index contributed by atoms with van der Waals surface area (Å²) in [6.07, 6.45) is 4.70. The van der Waals surface area contributed by atoms with Crippen LogP contribution in [0.5, 0.6) is 5.75 Å². The molecule has 1 aromatic rings. The molecule has 1 aromatic carbocycles. The molecule has 0 unspecified atom stereocenters. The first-order valence-electron chi connectivity index (χ1n) is 10.9. The molecule has 0 atom stereocenters. The van der Waals surface area contributed by atoms with Crippen molar-refractivity contribution in [2.45, 2.75) is 32.2 Å². The first-order chi connectivity index (χ1) is 14.5. The Morgan fingerprint density at radius 2 is 1.60 bits per heavy atom. The lowest BCUT2D eigenvalue weighted by molar-refractivity contribution is -0.133. The molecule has 0 bridgehead atoms. The van der Waals surface area contributed by atoms with Crippen LogP contribution in [0.3, 0.4) is 0 Å². The Bertz CT molecular complexity index is 714. The van der Waals surface area contributed by atoms with Gasteiger partial charge in [0.1, 0.15) is 5.75 Å². The number of piperazine rings is 1. The molecular formula is C22H33ClN4O3. The number of nitrogens with one attached hydrogen (secondary N) is 1. The number of hydrogen-bond donors (Lipinski definition) is 1. The van der Waals surface area contributed by atoms with E-state index in [1.54, 1.807) is 25.3 Å². The van der Waals surface area contributed by atoms with Gasteiger partial charge in [0.2, 0.25) is 11.8 Å². The second kappa shape index (κ2) is 11.5. The summed E-state index contributed by atoms with van der Waals surface area (Å²) in [5.41, 5.74) is 0.857. The van der Waals surface area contributed by atoms with Gasteiger partial charge in [0.05, 0.1) is 20.2 Å². The number of carbonyl (C=O) groups is 2. The highest BCUT2D eigenvalue weighted by Gasteiger charge is 2.23. The maximum Gasteiger partial charge on any atom is 0.236 e. The SMILES string of the molecule is COc1ccc(Cl)cc1CNC(=O)CN1CCN(CC(=O)N2CCCCCC2)CC1. The zero-order valence-corrected chi connectivity index (χ0v) is 18.6. The van der Waals surface area contributed by atoms with Gasteiger partial charge < -0.3 is 15.0 Å². The minimum Gasteiger partial charge on any atom is -0.496 e. The monoisotopic (exact) mass is 436 g/mol. The molecule has 2 aliphatic rings. The number of halogens is 1. The van der Waals surface area contributed by atoms with Crippen LogP contribution in [0.4, 0.5) is 0 Å². The van der Waals surface area contributed by atoms with Gasteiger partial charge >= 0.3 is 0 Å². The fourth-order valence-corrected chi connectivity index (χ4v) is 4.25. The smallest absolute Gasteiger partial charge is 0.236 e. The van der Waals surface area contributed by atoms with E-state index < -0.39 is 0 Å². The Morgan fingerprint density at radius 3 is 2.23 bits per heavy atom. The second-order valence-corrected chi connectivity index (χ2v) is 8.52. The highest BCUT2D eigenvalue weighted by molar-refractivity contribution is 6.30. The van der Waals surface area contributed by atoms with Crippen LogP contribution in [0.1, 0.15) is 31.2 Å². The first-order valence-corrected chi connectivity index (χ1v) is 11.2. The quantitative estimate of drug-likeness (QED) is 0.708.